The SMILES string of the molecule is CN(C)c1cccc2c(S(=O)(=O)CCCn3cc(CCCCCc4cnc(N)[nH]4)nn3)cccc12.Cc1c(C)c(C)c(S(=O)(=O)CCCn2cc(CCCCCc3cnc(N)[nH]3)nn2)c(C)c1C.Nc1ncc(CCCCCc2cn(CCCS(=O)(=O)c3ccccc3)nn2)[nH]1.Nc1ncc(CCCCCc2cn(CCCS(=O)(=O)c3cccs3)nn2)[nH]1. The molecule has 12 N–H and O–H groups in total. The summed E-state index contributed by atoms with van der Waals surface area (Å²) >= 11 is 1.26. The number of nitrogens with two attached hydrogens (primary N) is 4. The van der Waals surface area contributed by atoms with E-state index in [4.69, 9.17) is 22.9 Å². The van der Waals surface area contributed by atoms with Crippen LogP contribution in [0, 0.1) is 34.6 Å². The van der Waals surface area contributed by atoms with Gasteiger partial charge in [-0.1, -0.05) is 95.1 Å². The number of hydrogen-bond acceptors (Lipinski definition) is 26. The molecule has 0 radical (unpaired) electrons. The Morgan fingerprint density at radius 3 is 1.05 bits per heavy atom. The van der Waals surface area contributed by atoms with E-state index in [1.165, 1.54) is 16.9 Å². The molecule has 13 aromatic rings. The first kappa shape index (κ1) is 94.3. The van der Waals surface area contributed by atoms with Gasteiger partial charge in [-0.2, -0.15) is 0 Å². The van der Waals surface area contributed by atoms with Crippen LogP contribution in [0.5, 0.6) is 0 Å². The third-order valence-electron chi connectivity index (χ3n) is 21.5. The molecular formula is C85H119N25O8S5. The summed E-state index contributed by atoms with van der Waals surface area (Å²) in [6, 6.07) is 23.2. The molecule has 123 heavy (non-hydrogen) atoms. The number of aromatic amines is 4. The number of rotatable bonds is 45. The van der Waals surface area contributed by atoms with Gasteiger partial charge in [0.2, 0.25) is 0 Å². The van der Waals surface area contributed by atoms with Gasteiger partial charge in [0.1, 0.15) is 4.21 Å². The van der Waals surface area contributed by atoms with E-state index in [0.29, 0.717) is 94.6 Å². The fourth-order valence-electron chi connectivity index (χ4n) is 14.5. The summed E-state index contributed by atoms with van der Waals surface area (Å²) in [5.41, 5.74) is 36.3. The number of imidazole rings is 4. The Bertz CT molecular complexity index is 5880. The summed E-state index contributed by atoms with van der Waals surface area (Å²) in [5, 5.41) is 36.9. The van der Waals surface area contributed by atoms with Crippen molar-refractivity contribution in [3.05, 3.63) is 207 Å². The number of hydrogen-bond donors (Lipinski definition) is 8. The Hall–Kier alpha value is -11.0. The van der Waals surface area contributed by atoms with Gasteiger partial charge in [-0.25, -0.2) is 53.6 Å². The van der Waals surface area contributed by atoms with E-state index < -0.39 is 39.3 Å². The number of benzene rings is 4. The van der Waals surface area contributed by atoms with Crippen molar-refractivity contribution in [1.29, 1.82) is 0 Å². The summed E-state index contributed by atoms with van der Waals surface area (Å²) in [5.74, 6) is 2.23. The molecule has 0 aliphatic rings. The molecule has 0 fully saturated rings. The zero-order chi connectivity index (χ0) is 87.9. The normalized spacial score (nSPS) is 11.8. The van der Waals surface area contributed by atoms with Crippen molar-refractivity contribution in [1.82, 2.24) is 99.8 Å². The van der Waals surface area contributed by atoms with Crippen LogP contribution in [-0.4, -0.2) is 171 Å². The van der Waals surface area contributed by atoms with Gasteiger partial charge < -0.3 is 47.8 Å². The predicted molar refractivity (Wildman–Crippen MR) is 483 cm³/mol. The van der Waals surface area contributed by atoms with Gasteiger partial charge in [-0.05, 0) is 227 Å². The fourth-order valence-corrected chi connectivity index (χ4v) is 21.7. The molecule has 0 spiro atoms. The summed E-state index contributed by atoms with van der Waals surface area (Å²) in [6.45, 7) is 12.0. The van der Waals surface area contributed by atoms with E-state index in [1.807, 2.05) is 108 Å². The van der Waals surface area contributed by atoms with Crippen LogP contribution in [0.15, 0.2) is 153 Å². The molecule has 13 rings (SSSR count). The van der Waals surface area contributed by atoms with Crippen LogP contribution < -0.4 is 27.8 Å². The lowest BCUT2D eigenvalue weighted by Crippen LogP contribution is -2.15. The highest BCUT2D eigenvalue weighted by Crippen LogP contribution is 2.33. The lowest BCUT2D eigenvalue weighted by Gasteiger charge is -2.18. The number of thiophene rings is 1. The van der Waals surface area contributed by atoms with Crippen LogP contribution in [0.25, 0.3) is 10.8 Å². The van der Waals surface area contributed by atoms with Crippen LogP contribution in [0.1, 0.15) is 176 Å². The smallest absolute Gasteiger partial charge is 0.197 e. The molecule has 0 unspecified atom stereocenters. The van der Waals surface area contributed by atoms with Crippen LogP contribution in [0.3, 0.4) is 0 Å². The van der Waals surface area contributed by atoms with E-state index >= 15 is 0 Å². The van der Waals surface area contributed by atoms with Gasteiger partial charge >= 0.3 is 0 Å². The van der Waals surface area contributed by atoms with Crippen molar-refractivity contribution >= 4 is 90.9 Å². The highest BCUT2D eigenvalue weighted by atomic mass is 32.2. The molecular weight excluding hydrogens is 1660 g/mol. The second kappa shape index (κ2) is 46.0. The molecule has 0 saturated heterocycles. The van der Waals surface area contributed by atoms with Crippen molar-refractivity contribution in [2.75, 3.05) is 64.9 Å². The van der Waals surface area contributed by atoms with Crippen LogP contribution in [-0.2, 0) is 117 Å². The lowest BCUT2D eigenvalue weighted by atomic mass is 9.95. The molecule has 0 aliphatic heterocycles. The Labute approximate surface area is 725 Å². The largest absolute Gasteiger partial charge is 0.377 e. The highest BCUT2D eigenvalue weighted by molar-refractivity contribution is 7.93. The van der Waals surface area contributed by atoms with Crippen molar-refractivity contribution < 1.29 is 33.7 Å². The van der Waals surface area contributed by atoms with Crippen LogP contribution >= 0.6 is 11.3 Å². The number of nitrogens with one attached hydrogen (secondary N) is 4. The first-order valence-corrected chi connectivity index (χ1v) is 49.5. The standard InChI is InChI=1S/C25H33N7O2S.C24H36N6O2S.C19H26N6O2S.C17H24N6O2S2/c1-31(2)23-13-6-12-22-21(23)11-7-14-24(22)35(33,34)16-8-15-32-18-20(29-30-32)10-5-3-4-9-19-17-27-25(26)28-19;1-16-17(2)19(4)23(20(5)18(16)3)33(31,32)13-9-12-30-15-22(28-29-30)11-8-6-7-10-21-14-26-24(25)27-21;20-19-21-14-16(22-19)8-3-1-4-9-17-15-25(24-23-17)12-7-13-28(26,27)18-10-5-2-6-11-18;18-17-19-12-14(20-17)6-2-1-3-7-15-13-23(22-21-15)9-5-11-27(24,25)16-8-4-10-26-16/h6-7,11-14,17-18H,3-5,8-10,15-16H2,1-2H3,(H3,26,27,28);14-15H,6-13H2,1-5H3,(H3,25,26,27);2,5-6,10-11,14-15H,1,3-4,7-9,12-13H2,(H3,20,21,22);4,8,10,12-13H,1-3,5-7,9,11H2,(H3,18,19,20). The van der Waals surface area contributed by atoms with Gasteiger partial charge in [0.05, 0.1) is 85.3 Å². The minimum absolute atomic E-state index is 0.0611. The molecule has 0 aliphatic carbocycles. The predicted octanol–water partition coefficient (Wildman–Crippen LogP) is 12.4. The second-order valence-corrected chi connectivity index (χ2v) is 40.7. The number of fused-ring (bicyclic) bond motifs is 1. The van der Waals surface area contributed by atoms with Gasteiger partial charge in [0.15, 0.2) is 63.1 Å². The quantitative estimate of drug-likeness (QED) is 0.0164. The number of aryl methyl sites for hydroxylation is 12. The van der Waals surface area contributed by atoms with Gasteiger partial charge in [-0.15, -0.1) is 31.7 Å². The Morgan fingerprint density at radius 2 is 0.691 bits per heavy atom. The number of unbranched alkanes of at least 4 members (excludes halogenated alkanes) is 8. The summed E-state index contributed by atoms with van der Waals surface area (Å²) < 4.78 is 109. The van der Waals surface area contributed by atoms with Crippen molar-refractivity contribution in [2.24, 2.45) is 0 Å². The van der Waals surface area contributed by atoms with Crippen molar-refractivity contribution in [3.8, 4) is 0 Å². The first-order chi connectivity index (χ1) is 59.0. The average Bonchev–Trinajstić information content (AvgIpc) is 1.69. The van der Waals surface area contributed by atoms with Crippen molar-refractivity contribution in [3.63, 3.8) is 0 Å². The van der Waals surface area contributed by atoms with Gasteiger partial charge in [0.25, 0.3) is 0 Å². The Balaban J connectivity index is 0.000000173. The van der Waals surface area contributed by atoms with Gasteiger partial charge in [0, 0.05) is 104 Å². The third kappa shape index (κ3) is 29.4. The number of nitrogen functional groups attached to an aromatic ring is 4. The summed E-state index contributed by atoms with van der Waals surface area (Å²) in [6.07, 6.45) is 36.7. The molecule has 9 heterocycles. The maximum absolute atomic E-state index is 13.2. The zero-order valence-corrected chi connectivity index (χ0v) is 75.6. The number of sulfone groups is 4. The molecule has 0 atom stereocenters. The summed E-state index contributed by atoms with van der Waals surface area (Å²) in [7, 11) is -9.30. The molecule has 38 heteroatoms. The summed E-state index contributed by atoms with van der Waals surface area (Å²) in [4.78, 5) is 31.4. The minimum atomic E-state index is -3.43. The van der Waals surface area contributed by atoms with Crippen LogP contribution in [0.2, 0.25) is 0 Å². The van der Waals surface area contributed by atoms with E-state index in [-0.39, 0.29) is 23.0 Å². The van der Waals surface area contributed by atoms with Gasteiger partial charge in [-0.3, -0.25) is 18.7 Å². The zero-order valence-electron chi connectivity index (χ0n) is 71.5. The topological polar surface area (TPSA) is 481 Å². The lowest BCUT2D eigenvalue weighted by molar-refractivity contribution is 0.560. The molecule has 9 aromatic heterocycles. The molecule has 0 saturated carbocycles. The average molecular weight is 1780 g/mol. The van der Waals surface area contributed by atoms with Crippen LogP contribution in [0.4, 0.5) is 29.5 Å². The number of aromatic nitrogens is 20. The monoisotopic (exact) mass is 1780 g/mol. The second-order valence-electron chi connectivity index (χ2n) is 31.2. The highest BCUT2D eigenvalue weighted by Gasteiger charge is 2.25. The molecule has 33 nitrogen and oxygen atoms in total. The number of H-pyrrole nitrogens is 4. The number of anilines is 5. The van der Waals surface area contributed by atoms with E-state index in [2.05, 4.69) is 88.0 Å². The van der Waals surface area contributed by atoms with E-state index in [0.717, 1.165) is 213 Å². The Kier molecular flexibility index (Phi) is 35.2. The minimum Gasteiger partial charge on any atom is -0.377 e. The molecule has 0 amide bonds. The fraction of sp³-hybridized carbons (Fsp3) is 0.459. The number of nitrogens with zero attached hydrogens (tertiary/aromatic N) is 17. The molecule has 0 bridgehead atoms. The van der Waals surface area contributed by atoms with Crippen molar-refractivity contribution in [2.45, 2.75) is 234 Å². The Morgan fingerprint density at radius 1 is 0.350 bits per heavy atom. The maximum Gasteiger partial charge on any atom is 0.197 e. The van der Waals surface area contributed by atoms with E-state index in [9.17, 15) is 33.7 Å². The third-order valence-corrected chi connectivity index (χ3v) is 30.5. The molecule has 662 valence electrons. The molecule has 4 aromatic carbocycles. The first-order valence-electron chi connectivity index (χ1n) is 42.0. The van der Waals surface area contributed by atoms with E-state index in [1.54, 1.807) is 91.4 Å². The maximum atomic E-state index is 13.2.